The minimum atomic E-state index is -0.347. The lowest BCUT2D eigenvalue weighted by Gasteiger charge is -2.14. The molecule has 2 aliphatic carbocycles. The molecular weight excluding hydrogens is 400 g/mol. The van der Waals surface area contributed by atoms with Crippen LogP contribution in [-0.4, -0.2) is 38.8 Å². The molecule has 0 spiro atoms. The zero-order chi connectivity index (χ0) is 20.4. The van der Waals surface area contributed by atoms with Crippen LogP contribution in [0.3, 0.4) is 0 Å². The second kappa shape index (κ2) is 6.46. The molecule has 3 heterocycles. The van der Waals surface area contributed by atoms with Gasteiger partial charge in [0.25, 0.3) is 0 Å². The lowest BCUT2D eigenvalue weighted by molar-refractivity contribution is 0.508. The SMILES string of the molecule is CN(C)c1nc(=O)n(-c2cccc(-c3nnc(C4CC4)o3)c2)c2nc(C3CC3)sc12. The van der Waals surface area contributed by atoms with E-state index in [0.29, 0.717) is 40.8 Å². The van der Waals surface area contributed by atoms with Gasteiger partial charge in [0, 0.05) is 31.5 Å². The van der Waals surface area contributed by atoms with Crippen LogP contribution in [0.4, 0.5) is 5.82 Å². The summed E-state index contributed by atoms with van der Waals surface area (Å²) < 4.78 is 8.37. The van der Waals surface area contributed by atoms with E-state index in [1.807, 2.05) is 43.3 Å². The van der Waals surface area contributed by atoms with Gasteiger partial charge in [0.15, 0.2) is 11.5 Å². The molecule has 2 aliphatic rings. The van der Waals surface area contributed by atoms with Crippen molar-refractivity contribution in [3.63, 3.8) is 0 Å². The summed E-state index contributed by atoms with van der Waals surface area (Å²) in [6.07, 6.45) is 4.52. The van der Waals surface area contributed by atoms with Crippen LogP contribution in [0, 0.1) is 0 Å². The van der Waals surface area contributed by atoms with Gasteiger partial charge in [-0.25, -0.2) is 14.3 Å². The number of thiazole rings is 1. The Hall–Kier alpha value is -3.07. The fraction of sp³-hybridized carbons (Fsp3) is 0.381. The number of anilines is 1. The van der Waals surface area contributed by atoms with E-state index in [9.17, 15) is 4.79 Å². The molecule has 0 aliphatic heterocycles. The van der Waals surface area contributed by atoms with Crippen molar-refractivity contribution >= 4 is 27.5 Å². The topological polar surface area (TPSA) is 89.9 Å². The molecule has 0 radical (unpaired) electrons. The van der Waals surface area contributed by atoms with E-state index < -0.39 is 0 Å². The Labute approximate surface area is 176 Å². The molecular formula is C21H20N6O2S. The summed E-state index contributed by atoms with van der Waals surface area (Å²) >= 11 is 1.64. The van der Waals surface area contributed by atoms with Gasteiger partial charge in [0.2, 0.25) is 11.8 Å². The standard InChI is InChI=1S/C21H20N6O2S/c1-26(2)16-15-17(22-20(30-15)12-8-9-12)27(21(28)23-16)14-5-3-4-13(10-14)19-25-24-18(29-19)11-6-7-11/h3-5,10-12H,6-9H2,1-2H3. The Kier molecular flexibility index (Phi) is 3.83. The maximum atomic E-state index is 13.0. The quantitative estimate of drug-likeness (QED) is 0.486. The largest absolute Gasteiger partial charge is 0.420 e. The van der Waals surface area contributed by atoms with Crippen molar-refractivity contribution in [2.75, 3.05) is 19.0 Å². The zero-order valence-electron chi connectivity index (χ0n) is 16.7. The van der Waals surface area contributed by atoms with Crippen LogP contribution in [0.1, 0.15) is 48.4 Å². The van der Waals surface area contributed by atoms with Gasteiger partial charge >= 0.3 is 5.69 Å². The summed E-state index contributed by atoms with van der Waals surface area (Å²) in [5.74, 6) is 2.73. The molecule has 30 heavy (non-hydrogen) atoms. The molecule has 0 N–H and O–H groups in total. The summed E-state index contributed by atoms with van der Waals surface area (Å²) in [4.78, 5) is 24.1. The van der Waals surface area contributed by atoms with Crippen molar-refractivity contribution in [3.05, 3.63) is 45.6 Å². The molecule has 8 nitrogen and oxygen atoms in total. The maximum Gasteiger partial charge on any atom is 0.355 e. The van der Waals surface area contributed by atoms with Gasteiger partial charge in [-0.2, -0.15) is 4.98 Å². The number of nitrogens with zero attached hydrogens (tertiary/aromatic N) is 6. The van der Waals surface area contributed by atoms with E-state index in [0.717, 1.165) is 41.0 Å². The van der Waals surface area contributed by atoms with Crippen LogP contribution in [0.5, 0.6) is 0 Å². The van der Waals surface area contributed by atoms with Crippen LogP contribution >= 0.6 is 11.3 Å². The summed E-state index contributed by atoms with van der Waals surface area (Å²) in [6.45, 7) is 0. The average molecular weight is 420 g/mol. The van der Waals surface area contributed by atoms with E-state index in [2.05, 4.69) is 15.2 Å². The first-order valence-electron chi connectivity index (χ1n) is 10.1. The van der Waals surface area contributed by atoms with Gasteiger partial charge in [-0.05, 0) is 43.9 Å². The van der Waals surface area contributed by atoms with Crippen LogP contribution in [0.15, 0.2) is 33.5 Å². The molecule has 2 saturated carbocycles. The highest BCUT2D eigenvalue weighted by molar-refractivity contribution is 7.19. The first kappa shape index (κ1) is 17.8. The maximum absolute atomic E-state index is 13.0. The molecule has 0 amide bonds. The number of hydrogen-bond donors (Lipinski definition) is 0. The smallest absolute Gasteiger partial charge is 0.355 e. The van der Waals surface area contributed by atoms with E-state index >= 15 is 0 Å². The minimum absolute atomic E-state index is 0.347. The highest BCUT2D eigenvalue weighted by atomic mass is 32.1. The molecule has 1 aromatic carbocycles. The summed E-state index contributed by atoms with van der Waals surface area (Å²) in [6, 6.07) is 7.57. The van der Waals surface area contributed by atoms with E-state index in [-0.39, 0.29) is 5.69 Å². The van der Waals surface area contributed by atoms with Gasteiger partial charge in [0.05, 0.1) is 10.7 Å². The average Bonchev–Trinajstić information content (AvgIpc) is 3.67. The molecule has 152 valence electrons. The normalized spacial score (nSPS) is 16.3. The van der Waals surface area contributed by atoms with Crippen LogP contribution < -0.4 is 10.6 Å². The highest BCUT2D eigenvalue weighted by Gasteiger charge is 2.30. The molecule has 0 saturated heterocycles. The molecule has 0 atom stereocenters. The predicted molar refractivity (Wildman–Crippen MR) is 115 cm³/mol. The number of benzene rings is 1. The van der Waals surface area contributed by atoms with Crippen LogP contribution in [0.2, 0.25) is 0 Å². The first-order chi connectivity index (χ1) is 14.6. The Morgan fingerprint density at radius 3 is 2.63 bits per heavy atom. The van der Waals surface area contributed by atoms with Crippen molar-refractivity contribution < 1.29 is 4.42 Å². The summed E-state index contributed by atoms with van der Waals surface area (Å²) in [5, 5.41) is 9.45. The molecule has 6 rings (SSSR count). The number of hydrogen-bond acceptors (Lipinski definition) is 8. The second-order valence-electron chi connectivity index (χ2n) is 8.20. The lowest BCUT2D eigenvalue weighted by Crippen LogP contribution is -2.25. The van der Waals surface area contributed by atoms with Crippen molar-refractivity contribution in [3.8, 4) is 17.1 Å². The molecule has 0 unspecified atom stereocenters. The van der Waals surface area contributed by atoms with Gasteiger partial charge in [-0.15, -0.1) is 21.5 Å². The van der Waals surface area contributed by atoms with Gasteiger partial charge in [-0.1, -0.05) is 6.07 Å². The van der Waals surface area contributed by atoms with Gasteiger partial charge < -0.3 is 9.32 Å². The summed E-state index contributed by atoms with van der Waals surface area (Å²) in [5.41, 5.74) is 1.78. The summed E-state index contributed by atoms with van der Waals surface area (Å²) in [7, 11) is 3.80. The third kappa shape index (κ3) is 2.92. The van der Waals surface area contributed by atoms with Crippen molar-refractivity contribution in [1.29, 1.82) is 0 Å². The second-order valence-corrected chi connectivity index (χ2v) is 9.23. The first-order valence-corrected chi connectivity index (χ1v) is 10.9. The molecule has 0 bridgehead atoms. The van der Waals surface area contributed by atoms with E-state index in [1.54, 1.807) is 15.9 Å². The van der Waals surface area contributed by atoms with Gasteiger partial charge in [0.1, 0.15) is 4.70 Å². The minimum Gasteiger partial charge on any atom is -0.420 e. The molecule has 9 heteroatoms. The number of aromatic nitrogens is 5. The Balaban J connectivity index is 1.51. The van der Waals surface area contributed by atoms with Crippen LogP contribution in [0.25, 0.3) is 27.5 Å². The third-order valence-electron chi connectivity index (χ3n) is 5.50. The van der Waals surface area contributed by atoms with Gasteiger partial charge in [-0.3, -0.25) is 0 Å². The molecule has 3 aromatic heterocycles. The fourth-order valence-electron chi connectivity index (χ4n) is 3.57. The van der Waals surface area contributed by atoms with Crippen LogP contribution in [-0.2, 0) is 0 Å². The third-order valence-corrected chi connectivity index (χ3v) is 6.71. The van der Waals surface area contributed by atoms with E-state index in [1.165, 1.54) is 0 Å². The highest BCUT2D eigenvalue weighted by Crippen LogP contribution is 2.44. The molecule has 2 fully saturated rings. The van der Waals surface area contributed by atoms with E-state index in [4.69, 9.17) is 9.40 Å². The lowest BCUT2D eigenvalue weighted by atomic mass is 10.2. The number of fused-ring (bicyclic) bond motifs is 1. The van der Waals surface area contributed by atoms with Crippen molar-refractivity contribution in [1.82, 2.24) is 24.7 Å². The van der Waals surface area contributed by atoms with Crippen molar-refractivity contribution in [2.45, 2.75) is 37.5 Å². The predicted octanol–water partition coefficient (Wildman–Crippen LogP) is 3.71. The molecule has 4 aromatic rings. The fourth-order valence-corrected chi connectivity index (χ4v) is 4.86. The zero-order valence-corrected chi connectivity index (χ0v) is 17.5. The Morgan fingerprint density at radius 2 is 1.90 bits per heavy atom. The number of rotatable bonds is 5. The monoisotopic (exact) mass is 420 g/mol. The Bertz CT molecular complexity index is 1330. The van der Waals surface area contributed by atoms with Crippen molar-refractivity contribution in [2.24, 2.45) is 0 Å². The Morgan fingerprint density at radius 1 is 1.10 bits per heavy atom.